The SMILES string of the molecule is Cc1cc(CNS(=O)(=O)c2cc(N)cc(C)c2F)no1. The van der Waals surface area contributed by atoms with Gasteiger partial charge in [-0.25, -0.2) is 17.5 Å². The van der Waals surface area contributed by atoms with Crippen LogP contribution in [-0.4, -0.2) is 13.6 Å². The van der Waals surface area contributed by atoms with E-state index < -0.39 is 20.7 Å². The number of rotatable bonds is 4. The van der Waals surface area contributed by atoms with Gasteiger partial charge in [0.2, 0.25) is 10.0 Å². The standard InChI is InChI=1S/C12H14FN3O3S/c1-7-3-9(14)5-11(12(7)13)20(17,18)15-6-10-4-8(2)19-16-10/h3-5,15H,6,14H2,1-2H3. The minimum absolute atomic E-state index is 0.0903. The second kappa shape index (κ2) is 5.22. The maximum atomic E-state index is 13.9. The van der Waals surface area contributed by atoms with E-state index in [0.29, 0.717) is 11.5 Å². The first kappa shape index (κ1) is 14.5. The lowest BCUT2D eigenvalue weighted by Gasteiger charge is -2.09. The predicted octanol–water partition coefficient (Wildman–Crippen LogP) is 1.49. The molecule has 0 aliphatic carbocycles. The lowest BCUT2D eigenvalue weighted by molar-refractivity contribution is 0.390. The van der Waals surface area contributed by atoms with Crippen molar-refractivity contribution in [3.8, 4) is 0 Å². The molecule has 0 radical (unpaired) electrons. The lowest BCUT2D eigenvalue weighted by Crippen LogP contribution is -2.24. The molecule has 0 unspecified atom stereocenters. The normalized spacial score (nSPS) is 11.8. The largest absolute Gasteiger partial charge is 0.399 e. The number of hydrogen-bond donors (Lipinski definition) is 2. The summed E-state index contributed by atoms with van der Waals surface area (Å²) in [6.07, 6.45) is 0. The van der Waals surface area contributed by atoms with E-state index in [9.17, 15) is 12.8 Å². The van der Waals surface area contributed by atoms with Gasteiger partial charge in [0, 0.05) is 11.8 Å². The average molecular weight is 299 g/mol. The van der Waals surface area contributed by atoms with E-state index in [1.165, 1.54) is 13.0 Å². The fourth-order valence-electron chi connectivity index (χ4n) is 1.71. The molecule has 1 aromatic heterocycles. The van der Waals surface area contributed by atoms with E-state index in [1.807, 2.05) is 0 Å². The van der Waals surface area contributed by atoms with E-state index in [0.717, 1.165) is 6.07 Å². The second-order valence-corrected chi connectivity index (χ2v) is 6.14. The molecule has 0 amide bonds. The van der Waals surface area contributed by atoms with Gasteiger partial charge in [-0.15, -0.1) is 0 Å². The van der Waals surface area contributed by atoms with Crippen LogP contribution in [-0.2, 0) is 16.6 Å². The summed E-state index contributed by atoms with van der Waals surface area (Å²) in [5.41, 5.74) is 6.31. The number of aryl methyl sites for hydroxylation is 2. The molecule has 0 spiro atoms. The predicted molar refractivity (Wildman–Crippen MR) is 70.8 cm³/mol. The van der Waals surface area contributed by atoms with Gasteiger partial charge in [0.1, 0.15) is 16.5 Å². The third-order valence-corrected chi connectivity index (χ3v) is 4.05. The molecule has 20 heavy (non-hydrogen) atoms. The lowest BCUT2D eigenvalue weighted by atomic mass is 10.2. The topological polar surface area (TPSA) is 98.2 Å². The van der Waals surface area contributed by atoms with Crippen molar-refractivity contribution in [3.63, 3.8) is 0 Å². The van der Waals surface area contributed by atoms with Crippen molar-refractivity contribution in [3.05, 3.63) is 41.0 Å². The van der Waals surface area contributed by atoms with Gasteiger partial charge in [-0.2, -0.15) is 0 Å². The first-order chi connectivity index (χ1) is 9.29. The molecule has 2 rings (SSSR count). The molecular formula is C12H14FN3O3S. The summed E-state index contributed by atoms with van der Waals surface area (Å²) >= 11 is 0. The first-order valence-electron chi connectivity index (χ1n) is 5.77. The second-order valence-electron chi connectivity index (χ2n) is 4.40. The molecular weight excluding hydrogens is 285 g/mol. The zero-order valence-electron chi connectivity index (χ0n) is 11.0. The number of nitrogens with two attached hydrogens (primary N) is 1. The van der Waals surface area contributed by atoms with Crippen LogP contribution in [0.15, 0.2) is 27.6 Å². The van der Waals surface area contributed by atoms with Gasteiger partial charge in [-0.05, 0) is 31.5 Å². The molecule has 0 bridgehead atoms. The Morgan fingerprint density at radius 2 is 2.05 bits per heavy atom. The quantitative estimate of drug-likeness (QED) is 0.833. The number of halogens is 1. The Hall–Kier alpha value is -1.93. The summed E-state index contributed by atoms with van der Waals surface area (Å²) < 4.78 is 45.1. The highest BCUT2D eigenvalue weighted by atomic mass is 32.2. The Balaban J connectivity index is 2.27. The van der Waals surface area contributed by atoms with E-state index >= 15 is 0 Å². The Bertz CT molecular complexity index is 740. The van der Waals surface area contributed by atoms with Crippen LogP contribution in [0.3, 0.4) is 0 Å². The van der Waals surface area contributed by atoms with Crippen LogP contribution in [0.2, 0.25) is 0 Å². The molecule has 1 aromatic carbocycles. The fourth-order valence-corrected chi connectivity index (χ4v) is 2.89. The number of sulfonamides is 1. The smallest absolute Gasteiger partial charge is 0.243 e. The van der Waals surface area contributed by atoms with Gasteiger partial charge in [-0.3, -0.25) is 0 Å². The molecule has 0 fully saturated rings. The van der Waals surface area contributed by atoms with E-state index in [-0.39, 0.29) is 17.8 Å². The van der Waals surface area contributed by atoms with Gasteiger partial charge in [0.25, 0.3) is 0 Å². The number of hydrogen-bond acceptors (Lipinski definition) is 5. The molecule has 0 aliphatic rings. The summed E-state index contributed by atoms with van der Waals surface area (Å²) in [5, 5.41) is 3.65. The van der Waals surface area contributed by atoms with Gasteiger partial charge < -0.3 is 10.3 Å². The van der Waals surface area contributed by atoms with E-state index in [4.69, 9.17) is 10.3 Å². The van der Waals surface area contributed by atoms with Crippen molar-refractivity contribution in [2.75, 3.05) is 5.73 Å². The number of aromatic nitrogens is 1. The molecule has 0 atom stereocenters. The number of benzene rings is 1. The Kier molecular flexibility index (Phi) is 3.78. The van der Waals surface area contributed by atoms with E-state index in [1.54, 1.807) is 13.0 Å². The molecule has 1 heterocycles. The van der Waals surface area contributed by atoms with Crippen LogP contribution in [0, 0.1) is 19.7 Å². The monoisotopic (exact) mass is 299 g/mol. The van der Waals surface area contributed by atoms with Crippen molar-refractivity contribution in [1.29, 1.82) is 0 Å². The number of anilines is 1. The van der Waals surface area contributed by atoms with Gasteiger partial charge in [-0.1, -0.05) is 5.16 Å². The highest BCUT2D eigenvalue weighted by molar-refractivity contribution is 7.89. The maximum Gasteiger partial charge on any atom is 0.243 e. The number of nitrogens with zero attached hydrogens (tertiary/aromatic N) is 1. The Morgan fingerprint density at radius 3 is 2.65 bits per heavy atom. The highest BCUT2D eigenvalue weighted by Crippen LogP contribution is 2.21. The highest BCUT2D eigenvalue weighted by Gasteiger charge is 2.21. The van der Waals surface area contributed by atoms with Crippen LogP contribution in [0.1, 0.15) is 17.0 Å². The van der Waals surface area contributed by atoms with Crippen LogP contribution in [0.25, 0.3) is 0 Å². The van der Waals surface area contributed by atoms with Crippen LogP contribution in [0.5, 0.6) is 0 Å². The maximum absolute atomic E-state index is 13.9. The molecule has 8 heteroatoms. The van der Waals surface area contributed by atoms with Crippen molar-refractivity contribution >= 4 is 15.7 Å². The molecule has 108 valence electrons. The average Bonchev–Trinajstić information content (AvgIpc) is 2.77. The van der Waals surface area contributed by atoms with Crippen molar-refractivity contribution in [2.45, 2.75) is 25.3 Å². The van der Waals surface area contributed by atoms with Crippen molar-refractivity contribution in [1.82, 2.24) is 9.88 Å². The van der Waals surface area contributed by atoms with Gasteiger partial charge in [0.05, 0.1) is 12.2 Å². The fraction of sp³-hybridized carbons (Fsp3) is 0.250. The Morgan fingerprint density at radius 1 is 1.35 bits per heavy atom. The molecule has 0 saturated carbocycles. The third kappa shape index (κ3) is 2.97. The van der Waals surface area contributed by atoms with Crippen molar-refractivity contribution < 1.29 is 17.3 Å². The summed E-state index contributed by atoms with van der Waals surface area (Å²) in [6, 6.07) is 4.04. The third-order valence-electron chi connectivity index (χ3n) is 2.65. The summed E-state index contributed by atoms with van der Waals surface area (Å²) in [7, 11) is -4.01. The zero-order valence-corrected chi connectivity index (χ0v) is 11.8. The molecule has 0 saturated heterocycles. The molecule has 2 aromatic rings. The summed E-state index contributed by atoms with van der Waals surface area (Å²) in [6.45, 7) is 3.05. The molecule has 6 nitrogen and oxygen atoms in total. The minimum Gasteiger partial charge on any atom is -0.399 e. The molecule has 3 N–H and O–H groups in total. The van der Waals surface area contributed by atoms with Crippen molar-refractivity contribution in [2.24, 2.45) is 0 Å². The minimum atomic E-state index is -4.01. The van der Waals surface area contributed by atoms with Gasteiger partial charge >= 0.3 is 0 Å². The van der Waals surface area contributed by atoms with Crippen LogP contribution >= 0.6 is 0 Å². The number of nitrogens with one attached hydrogen (secondary N) is 1. The van der Waals surface area contributed by atoms with Gasteiger partial charge in [0.15, 0.2) is 0 Å². The Labute approximate surface area is 115 Å². The summed E-state index contributed by atoms with van der Waals surface area (Å²) in [5.74, 6) is -0.256. The van der Waals surface area contributed by atoms with E-state index in [2.05, 4.69) is 9.88 Å². The molecule has 0 aliphatic heterocycles. The van der Waals surface area contributed by atoms with Crippen LogP contribution < -0.4 is 10.5 Å². The zero-order chi connectivity index (χ0) is 14.9. The first-order valence-corrected chi connectivity index (χ1v) is 7.25. The van der Waals surface area contributed by atoms with Crippen LogP contribution in [0.4, 0.5) is 10.1 Å². The number of nitrogen functional groups attached to an aromatic ring is 1. The summed E-state index contributed by atoms with van der Waals surface area (Å²) in [4.78, 5) is -0.477.